The van der Waals surface area contributed by atoms with Crippen molar-refractivity contribution in [3.05, 3.63) is 23.7 Å². The van der Waals surface area contributed by atoms with Gasteiger partial charge in [0.25, 0.3) is 0 Å². The number of aromatic carboxylic acids is 1. The second-order valence-electron chi connectivity index (χ2n) is 4.09. The van der Waals surface area contributed by atoms with Crippen LogP contribution in [-0.2, 0) is 6.54 Å². The number of aliphatic hydroxyl groups excluding tert-OH is 1. The van der Waals surface area contributed by atoms with E-state index in [9.17, 15) is 9.90 Å². The Bertz CT molecular complexity index is 374. The van der Waals surface area contributed by atoms with Gasteiger partial charge >= 0.3 is 5.97 Å². The molecule has 1 aromatic rings. The van der Waals surface area contributed by atoms with E-state index in [-0.39, 0.29) is 11.7 Å². The lowest BCUT2D eigenvalue weighted by molar-refractivity contribution is 0.0616. The molecule has 1 aliphatic heterocycles. The molecule has 0 saturated carbocycles. The molecule has 0 spiro atoms. The highest BCUT2D eigenvalue weighted by molar-refractivity contribution is 5.88. The molecule has 2 heterocycles. The van der Waals surface area contributed by atoms with Crippen molar-refractivity contribution in [2.75, 3.05) is 13.1 Å². The van der Waals surface area contributed by atoms with Crippen molar-refractivity contribution in [3.8, 4) is 0 Å². The molecule has 0 bridgehead atoms. The fraction of sp³-hybridized carbons (Fsp3) is 0.545. The normalized spacial score (nSPS) is 22.2. The van der Waals surface area contributed by atoms with Gasteiger partial charge in [0.15, 0.2) is 0 Å². The summed E-state index contributed by atoms with van der Waals surface area (Å²) in [6.07, 6.45) is 2.83. The van der Waals surface area contributed by atoms with E-state index in [1.54, 1.807) is 0 Å². The standard InChI is InChI=1S/C11H15NO4/c13-8-2-1-4-12(6-8)7-10-9(11(14)15)3-5-16-10/h3,5,8,13H,1-2,4,6-7H2,(H,14,15). The highest BCUT2D eigenvalue weighted by atomic mass is 16.4. The van der Waals surface area contributed by atoms with E-state index >= 15 is 0 Å². The van der Waals surface area contributed by atoms with Gasteiger partial charge in [0.2, 0.25) is 0 Å². The van der Waals surface area contributed by atoms with Crippen LogP contribution in [0.15, 0.2) is 16.7 Å². The van der Waals surface area contributed by atoms with Crippen LogP contribution >= 0.6 is 0 Å². The summed E-state index contributed by atoms with van der Waals surface area (Å²) < 4.78 is 5.16. The maximum absolute atomic E-state index is 10.9. The average Bonchev–Trinajstić information content (AvgIpc) is 2.66. The first-order valence-corrected chi connectivity index (χ1v) is 5.37. The molecule has 1 saturated heterocycles. The molecule has 0 aromatic carbocycles. The van der Waals surface area contributed by atoms with Gasteiger partial charge in [-0.05, 0) is 25.5 Å². The molecule has 0 amide bonds. The number of nitrogens with zero attached hydrogens (tertiary/aromatic N) is 1. The molecule has 5 heteroatoms. The van der Waals surface area contributed by atoms with Crippen LogP contribution in [0, 0.1) is 0 Å². The number of hydrogen-bond donors (Lipinski definition) is 2. The van der Waals surface area contributed by atoms with E-state index in [0.29, 0.717) is 18.8 Å². The van der Waals surface area contributed by atoms with Gasteiger partial charge in [0, 0.05) is 6.54 Å². The number of likely N-dealkylation sites (tertiary alicyclic amines) is 1. The minimum absolute atomic E-state index is 0.208. The quantitative estimate of drug-likeness (QED) is 0.800. The summed E-state index contributed by atoms with van der Waals surface area (Å²) in [5.41, 5.74) is 0.208. The average molecular weight is 225 g/mol. The van der Waals surface area contributed by atoms with Gasteiger partial charge < -0.3 is 14.6 Å². The van der Waals surface area contributed by atoms with Crippen molar-refractivity contribution in [1.82, 2.24) is 4.90 Å². The van der Waals surface area contributed by atoms with E-state index in [0.717, 1.165) is 19.4 Å². The summed E-state index contributed by atoms with van der Waals surface area (Å²) in [5, 5.41) is 18.4. The van der Waals surface area contributed by atoms with Gasteiger partial charge in [-0.3, -0.25) is 4.90 Å². The molecule has 1 fully saturated rings. The van der Waals surface area contributed by atoms with E-state index < -0.39 is 5.97 Å². The number of hydrogen-bond acceptors (Lipinski definition) is 4. The minimum Gasteiger partial charge on any atom is -0.478 e. The van der Waals surface area contributed by atoms with Crippen LogP contribution in [0.25, 0.3) is 0 Å². The Morgan fingerprint density at radius 1 is 1.62 bits per heavy atom. The van der Waals surface area contributed by atoms with Gasteiger partial charge in [-0.1, -0.05) is 0 Å². The third kappa shape index (κ3) is 2.43. The Labute approximate surface area is 93.3 Å². The summed E-state index contributed by atoms with van der Waals surface area (Å²) >= 11 is 0. The minimum atomic E-state index is -0.971. The number of aliphatic hydroxyl groups is 1. The number of carboxylic acid groups (broad SMARTS) is 1. The Morgan fingerprint density at radius 2 is 2.44 bits per heavy atom. The van der Waals surface area contributed by atoms with Crippen LogP contribution in [0.3, 0.4) is 0 Å². The fourth-order valence-electron chi connectivity index (χ4n) is 2.03. The lowest BCUT2D eigenvalue weighted by Crippen LogP contribution is -2.37. The Kier molecular flexibility index (Phi) is 3.26. The second-order valence-corrected chi connectivity index (χ2v) is 4.09. The van der Waals surface area contributed by atoms with Gasteiger partial charge in [0.05, 0.1) is 18.9 Å². The Balaban J connectivity index is 2.02. The van der Waals surface area contributed by atoms with E-state index in [2.05, 4.69) is 0 Å². The molecule has 0 aliphatic carbocycles. The molecule has 1 atom stereocenters. The predicted octanol–water partition coefficient (Wildman–Crippen LogP) is 0.934. The number of carboxylic acids is 1. The molecule has 88 valence electrons. The number of rotatable bonds is 3. The first-order chi connectivity index (χ1) is 7.66. The molecule has 16 heavy (non-hydrogen) atoms. The fourth-order valence-corrected chi connectivity index (χ4v) is 2.03. The molecule has 1 unspecified atom stereocenters. The van der Waals surface area contributed by atoms with Gasteiger partial charge in [-0.15, -0.1) is 0 Å². The zero-order chi connectivity index (χ0) is 11.5. The van der Waals surface area contributed by atoms with E-state index in [1.807, 2.05) is 4.90 Å². The molecular formula is C11H15NO4. The molecular weight excluding hydrogens is 210 g/mol. The van der Waals surface area contributed by atoms with Crippen LogP contribution in [0.5, 0.6) is 0 Å². The van der Waals surface area contributed by atoms with Crippen LogP contribution in [0.4, 0.5) is 0 Å². The van der Waals surface area contributed by atoms with Crippen LogP contribution in [0.2, 0.25) is 0 Å². The molecule has 2 N–H and O–H groups in total. The van der Waals surface area contributed by atoms with E-state index in [4.69, 9.17) is 9.52 Å². The molecule has 0 radical (unpaired) electrons. The van der Waals surface area contributed by atoms with Crippen molar-refractivity contribution in [1.29, 1.82) is 0 Å². The lowest BCUT2D eigenvalue weighted by Gasteiger charge is -2.29. The summed E-state index contributed by atoms with van der Waals surface area (Å²) in [6, 6.07) is 1.46. The first-order valence-electron chi connectivity index (χ1n) is 5.37. The zero-order valence-corrected chi connectivity index (χ0v) is 8.93. The maximum Gasteiger partial charge on any atom is 0.339 e. The van der Waals surface area contributed by atoms with Gasteiger partial charge in [-0.2, -0.15) is 0 Å². The maximum atomic E-state index is 10.9. The lowest BCUT2D eigenvalue weighted by atomic mass is 10.1. The Morgan fingerprint density at radius 3 is 3.12 bits per heavy atom. The SMILES string of the molecule is O=C(O)c1ccoc1CN1CCCC(O)C1. The number of piperidine rings is 1. The summed E-state index contributed by atoms with van der Waals surface area (Å²) in [4.78, 5) is 12.9. The summed E-state index contributed by atoms with van der Waals surface area (Å²) in [7, 11) is 0. The van der Waals surface area contributed by atoms with Crippen molar-refractivity contribution in [3.63, 3.8) is 0 Å². The third-order valence-corrected chi connectivity index (χ3v) is 2.82. The van der Waals surface area contributed by atoms with Crippen molar-refractivity contribution in [2.45, 2.75) is 25.5 Å². The van der Waals surface area contributed by atoms with Crippen molar-refractivity contribution < 1.29 is 19.4 Å². The van der Waals surface area contributed by atoms with Gasteiger partial charge in [0.1, 0.15) is 11.3 Å². The first kappa shape index (κ1) is 11.2. The molecule has 1 aromatic heterocycles. The largest absolute Gasteiger partial charge is 0.478 e. The van der Waals surface area contributed by atoms with E-state index in [1.165, 1.54) is 12.3 Å². The highest BCUT2D eigenvalue weighted by Gasteiger charge is 2.21. The van der Waals surface area contributed by atoms with Crippen molar-refractivity contribution >= 4 is 5.97 Å². The molecule has 1 aliphatic rings. The molecule has 2 rings (SSSR count). The Hall–Kier alpha value is -1.33. The number of β-amino-alcohol motifs (C(OH)–C–C–N with tert-alkyl or cyclic N) is 1. The third-order valence-electron chi connectivity index (χ3n) is 2.82. The van der Waals surface area contributed by atoms with Crippen molar-refractivity contribution in [2.24, 2.45) is 0 Å². The topological polar surface area (TPSA) is 73.9 Å². The number of carbonyl (C=O) groups is 1. The smallest absolute Gasteiger partial charge is 0.339 e. The predicted molar refractivity (Wildman–Crippen MR) is 56.2 cm³/mol. The summed E-state index contributed by atoms with van der Waals surface area (Å²) in [5.74, 6) is -0.511. The van der Waals surface area contributed by atoms with Crippen LogP contribution in [0.1, 0.15) is 29.0 Å². The highest BCUT2D eigenvalue weighted by Crippen LogP contribution is 2.17. The zero-order valence-electron chi connectivity index (χ0n) is 8.93. The van der Waals surface area contributed by atoms with Gasteiger partial charge in [-0.25, -0.2) is 4.79 Å². The molecule has 5 nitrogen and oxygen atoms in total. The summed E-state index contributed by atoms with van der Waals surface area (Å²) in [6.45, 7) is 1.91. The van der Waals surface area contributed by atoms with Crippen LogP contribution in [-0.4, -0.2) is 40.3 Å². The monoisotopic (exact) mass is 225 g/mol. The number of furan rings is 1. The second kappa shape index (κ2) is 4.67. The van der Waals surface area contributed by atoms with Crippen LogP contribution < -0.4 is 0 Å².